The summed E-state index contributed by atoms with van der Waals surface area (Å²) in [6.07, 6.45) is -0.0126. The van der Waals surface area contributed by atoms with E-state index in [1.165, 1.54) is 25.1 Å². The first-order valence-corrected chi connectivity index (χ1v) is 11.8. The number of unbranched alkanes of at least 4 members (excludes halogenated alkanes) is 1. The van der Waals surface area contributed by atoms with E-state index in [4.69, 9.17) is 20.4 Å². The number of carbonyl (C=O) groups is 5. The molecule has 1 atom stereocenters. The summed E-state index contributed by atoms with van der Waals surface area (Å²) in [5, 5.41) is 23.4. The topological polar surface area (TPSA) is 210 Å². The summed E-state index contributed by atoms with van der Waals surface area (Å²) in [6.45, 7) is 1.48. The lowest BCUT2D eigenvalue weighted by atomic mass is 10.0. The molecular weight excluding hydrogens is 514 g/mol. The first-order valence-electron chi connectivity index (χ1n) is 11.8. The van der Waals surface area contributed by atoms with Crippen molar-refractivity contribution in [3.05, 3.63) is 48.0 Å². The molecule has 0 aliphatic heterocycles. The van der Waals surface area contributed by atoms with Crippen molar-refractivity contribution in [2.75, 3.05) is 30.9 Å². The van der Waals surface area contributed by atoms with Gasteiger partial charge in [-0.15, -0.1) is 0 Å². The van der Waals surface area contributed by atoms with E-state index in [1.807, 2.05) is 0 Å². The van der Waals surface area contributed by atoms with Crippen LogP contribution in [0.25, 0.3) is 0 Å². The van der Waals surface area contributed by atoms with Crippen molar-refractivity contribution in [3.63, 3.8) is 0 Å². The number of nitrogens with zero attached hydrogens (tertiary/aromatic N) is 1. The summed E-state index contributed by atoms with van der Waals surface area (Å²) in [4.78, 5) is 59.7. The fraction of sp³-hybridized carbons (Fsp3) is 0.320. The monoisotopic (exact) mass is 545 g/mol. The first-order chi connectivity index (χ1) is 18.6. The third-order valence-electron chi connectivity index (χ3n) is 5.35. The molecule has 0 aliphatic carbocycles. The molecule has 0 unspecified atom stereocenters. The number of carbonyl (C=O) groups excluding carboxylic acids is 4. The van der Waals surface area contributed by atoms with Gasteiger partial charge in [0.1, 0.15) is 23.2 Å². The Hall–Kier alpha value is -4.69. The molecule has 0 heterocycles. The minimum Gasteiger partial charge on any atom is -0.506 e. The van der Waals surface area contributed by atoms with E-state index in [1.54, 1.807) is 24.3 Å². The van der Waals surface area contributed by atoms with Gasteiger partial charge < -0.3 is 30.3 Å². The number of methoxy groups -OCH3 is 1. The van der Waals surface area contributed by atoms with Crippen molar-refractivity contribution in [2.45, 2.75) is 32.2 Å². The molecule has 39 heavy (non-hydrogen) atoms. The number of nitrogens with one attached hydrogen (secondary N) is 3. The lowest BCUT2D eigenvalue weighted by Gasteiger charge is -2.24. The van der Waals surface area contributed by atoms with Gasteiger partial charge in [0.05, 0.1) is 13.7 Å². The second-order valence-electron chi connectivity index (χ2n) is 8.23. The molecule has 0 saturated heterocycles. The number of hydrogen-bond acceptors (Lipinski definition) is 10. The molecule has 0 aliphatic rings. The predicted molar refractivity (Wildman–Crippen MR) is 139 cm³/mol. The highest BCUT2D eigenvalue weighted by atomic mass is 16.5. The number of para-hydroxylation sites is 1. The molecule has 210 valence electrons. The molecule has 14 nitrogen and oxygen atoms in total. The Kier molecular flexibility index (Phi) is 11.7. The van der Waals surface area contributed by atoms with Crippen molar-refractivity contribution >= 4 is 41.2 Å². The Bertz CT molecular complexity index is 1190. The van der Waals surface area contributed by atoms with E-state index >= 15 is 0 Å². The third-order valence-corrected chi connectivity index (χ3v) is 5.35. The number of carboxylic acid groups (broad SMARTS) is 1. The Balaban J connectivity index is 1.96. The molecule has 2 aromatic carbocycles. The average Bonchev–Trinajstić information content (AvgIpc) is 2.90. The van der Waals surface area contributed by atoms with Crippen molar-refractivity contribution in [3.8, 4) is 11.5 Å². The molecule has 0 spiro atoms. The minimum atomic E-state index is -1.62. The number of benzene rings is 2. The maximum Gasteiger partial charge on any atom is 0.416 e. The van der Waals surface area contributed by atoms with Crippen molar-refractivity contribution in [1.29, 1.82) is 0 Å². The molecular formula is C25H31N5O9. The quantitative estimate of drug-likeness (QED) is 0.0733. The van der Waals surface area contributed by atoms with Crippen LogP contribution in [-0.4, -0.2) is 71.2 Å². The Morgan fingerprint density at radius 3 is 2.31 bits per heavy atom. The standard InChI is InChI=1S/C25H31N5O9/c1-15(31)27-21-19(32)6-5-7-20(21)39-13-4-3-12-30(25(37)38-2)23(34)18(29-26)14-16-8-10-17(11-9-16)28-22(33)24(35)36/h5-11,18,29,32H,3-4,12-14,26H2,1-2H3,(H,27,31)(H,28,33)(H,35,36)/t18-/m0/s1. The third kappa shape index (κ3) is 9.28. The van der Waals surface area contributed by atoms with Gasteiger partial charge in [0, 0.05) is 19.2 Å². The van der Waals surface area contributed by atoms with Crippen LogP contribution in [0.5, 0.6) is 11.5 Å². The number of aliphatic carboxylic acids is 1. The molecule has 4 amide bonds. The largest absolute Gasteiger partial charge is 0.506 e. The zero-order valence-corrected chi connectivity index (χ0v) is 21.4. The number of anilines is 2. The van der Waals surface area contributed by atoms with Gasteiger partial charge in [-0.3, -0.25) is 20.2 Å². The van der Waals surface area contributed by atoms with E-state index in [0.717, 1.165) is 12.0 Å². The minimum absolute atomic E-state index is 0.00575. The number of phenols is 1. The molecule has 0 radical (unpaired) electrons. The predicted octanol–water partition coefficient (Wildman–Crippen LogP) is 1.20. The van der Waals surface area contributed by atoms with Crippen LogP contribution < -0.4 is 26.6 Å². The smallest absolute Gasteiger partial charge is 0.416 e. The maximum atomic E-state index is 13.1. The Labute approximate surface area is 224 Å². The summed E-state index contributed by atoms with van der Waals surface area (Å²) >= 11 is 0. The van der Waals surface area contributed by atoms with Crippen LogP contribution in [0, 0.1) is 0 Å². The summed E-state index contributed by atoms with van der Waals surface area (Å²) in [7, 11) is 1.15. The number of amides is 4. The molecule has 0 bridgehead atoms. The lowest BCUT2D eigenvalue weighted by molar-refractivity contribution is -0.147. The van der Waals surface area contributed by atoms with Crippen LogP contribution in [0.2, 0.25) is 0 Å². The summed E-state index contributed by atoms with van der Waals surface area (Å²) < 4.78 is 10.4. The van der Waals surface area contributed by atoms with Crippen molar-refractivity contribution in [1.82, 2.24) is 10.3 Å². The number of imide groups is 1. The summed E-state index contributed by atoms with van der Waals surface area (Å²) in [5.41, 5.74) is 3.41. The Morgan fingerprint density at radius 2 is 1.72 bits per heavy atom. The zero-order chi connectivity index (χ0) is 28.9. The van der Waals surface area contributed by atoms with E-state index < -0.39 is 29.9 Å². The Morgan fingerprint density at radius 1 is 1.03 bits per heavy atom. The molecule has 0 aromatic heterocycles. The molecule has 2 aromatic rings. The van der Waals surface area contributed by atoms with Crippen LogP contribution in [0.15, 0.2) is 42.5 Å². The number of carboxylic acids is 1. The molecule has 7 N–H and O–H groups in total. The fourth-order valence-corrected chi connectivity index (χ4v) is 3.45. The van der Waals surface area contributed by atoms with Gasteiger partial charge in [0.2, 0.25) is 5.91 Å². The van der Waals surface area contributed by atoms with E-state index in [0.29, 0.717) is 18.4 Å². The van der Waals surface area contributed by atoms with Gasteiger partial charge in [-0.2, -0.15) is 0 Å². The number of aromatic hydroxyl groups is 1. The zero-order valence-electron chi connectivity index (χ0n) is 21.4. The molecule has 2 rings (SSSR count). The van der Waals surface area contributed by atoms with Crippen LogP contribution in [-0.2, 0) is 30.3 Å². The van der Waals surface area contributed by atoms with Crippen molar-refractivity contribution in [2.24, 2.45) is 5.84 Å². The number of ether oxygens (including phenoxy) is 2. The number of hydrogen-bond donors (Lipinski definition) is 6. The summed E-state index contributed by atoms with van der Waals surface area (Å²) in [6, 6.07) is 9.65. The lowest BCUT2D eigenvalue weighted by Crippen LogP contribution is -2.52. The number of nitrogens with two attached hydrogens (primary N) is 1. The second kappa shape index (κ2) is 14.9. The maximum absolute atomic E-state index is 13.1. The number of phenolic OH excluding ortho intramolecular Hbond substituents is 1. The van der Waals surface area contributed by atoms with Gasteiger partial charge in [0.25, 0.3) is 5.91 Å². The highest BCUT2D eigenvalue weighted by molar-refractivity contribution is 6.36. The SMILES string of the molecule is COC(=O)N(CCCCOc1cccc(O)c1NC(C)=O)C(=O)[C@H](Cc1ccc(NC(=O)C(=O)O)cc1)NN. The molecule has 0 saturated carbocycles. The van der Waals surface area contributed by atoms with E-state index in [9.17, 15) is 29.1 Å². The average molecular weight is 546 g/mol. The number of hydrazine groups is 1. The fourth-order valence-electron chi connectivity index (χ4n) is 3.45. The highest BCUT2D eigenvalue weighted by Crippen LogP contribution is 2.33. The summed E-state index contributed by atoms with van der Waals surface area (Å²) in [5.74, 6) is 1.89. The van der Waals surface area contributed by atoms with E-state index in [-0.39, 0.29) is 48.4 Å². The normalized spacial score (nSPS) is 11.2. The number of rotatable bonds is 12. The van der Waals surface area contributed by atoms with Gasteiger partial charge in [-0.25, -0.2) is 19.9 Å². The first kappa shape index (κ1) is 30.5. The van der Waals surface area contributed by atoms with Crippen LogP contribution in [0.1, 0.15) is 25.3 Å². The van der Waals surface area contributed by atoms with E-state index in [2.05, 4.69) is 16.1 Å². The van der Waals surface area contributed by atoms with Gasteiger partial charge in [-0.05, 0) is 49.1 Å². The second-order valence-corrected chi connectivity index (χ2v) is 8.23. The van der Waals surface area contributed by atoms with Gasteiger partial charge in [0.15, 0.2) is 0 Å². The van der Waals surface area contributed by atoms with Crippen molar-refractivity contribution < 1.29 is 43.7 Å². The van der Waals surface area contributed by atoms with Crippen LogP contribution in [0.3, 0.4) is 0 Å². The van der Waals surface area contributed by atoms with Crippen LogP contribution >= 0.6 is 0 Å². The molecule has 0 fully saturated rings. The van der Waals surface area contributed by atoms with Gasteiger partial charge >= 0.3 is 18.0 Å². The van der Waals surface area contributed by atoms with Gasteiger partial charge in [-0.1, -0.05) is 18.2 Å². The van der Waals surface area contributed by atoms with Crippen LogP contribution in [0.4, 0.5) is 16.2 Å². The highest BCUT2D eigenvalue weighted by Gasteiger charge is 2.29. The molecule has 14 heteroatoms.